The number of ether oxygens (including phenoxy) is 1. The molecule has 8 nitrogen and oxygen atoms in total. The number of benzene rings is 3. The number of carbonyl (C=O) groups is 1. The molecule has 1 amide bonds. The fourth-order valence-electron chi connectivity index (χ4n) is 3.23. The van der Waals surface area contributed by atoms with E-state index < -0.39 is 22.5 Å². The van der Waals surface area contributed by atoms with Crippen LogP contribution >= 0.6 is 11.3 Å². The molecule has 0 spiro atoms. The number of carbonyl (C=O) groups excluding carboxylic acids is 1. The monoisotopic (exact) mass is 494 g/mol. The van der Waals surface area contributed by atoms with Crippen molar-refractivity contribution < 1.29 is 17.9 Å². The Bertz CT molecular complexity index is 1390. The number of amides is 1. The molecule has 10 heteroatoms. The normalized spacial score (nSPS) is 11.1. The van der Waals surface area contributed by atoms with Gasteiger partial charge in [-0.15, -0.1) is 10.2 Å². The Morgan fingerprint density at radius 1 is 1.00 bits per heavy atom. The molecule has 0 aliphatic rings. The number of aryl methyl sites for hydroxylation is 1. The van der Waals surface area contributed by atoms with Crippen molar-refractivity contribution in [3.8, 4) is 16.3 Å². The topological polar surface area (TPSA) is 101 Å². The summed E-state index contributed by atoms with van der Waals surface area (Å²) in [5.41, 5.74) is 2.10. The quantitative estimate of drug-likeness (QED) is 0.391. The van der Waals surface area contributed by atoms with Gasteiger partial charge in [0.25, 0.3) is 10.0 Å². The van der Waals surface area contributed by atoms with Crippen LogP contribution in [0.4, 0.5) is 10.8 Å². The molecular weight excluding hydrogens is 472 g/mol. The zero-order valence-electron chi connectivity index (χ0n) is 18.5. The van der Waals surface area contributed by atoms with Crippen molar-refractivity contribution in [1.29, 1.82) is 0 Å². The van der Waals surface area contributed by atoms with Crippen molar-refractivity contribution in [1.82, 2.24) is 10.2 Å². The Morgan fingerprint density at radius 2 is 1.74 bits per heavy atom. The van der Waals surface area contributed by atoms with Crippen molar-refractivity contribution in [2.75, 3.05) is 23.3 Å². The highest BCUT2D eigenvalue weighted by Gasteiger charge is 2.27. The number of hydrogen-bond acceptors (Lipinski definition) is 7. The summed E-state index contributed by atoms with van der Waals surface area (Å²) in [7, 11) is -2.39. The van der Waals surface area contributed by atoms with E-state index in [0.29, 0.717) is 10.7 Å². The van der Waals surface area contributed by atoms with Crippen LogP contribution in [0.2, 0.25) is 0 Å². The summed E-state index contributed by atoms with van der Waals surface area (Å²) in [4.78, 5) is 13.0. The molecule has 3 aromatic carbocycles. The van der Waals surface area contributed by atoms with E-state index in [4.69, 9.17) is 4.74 Å². The van der Waals surface area contributed by atoms with E-state index in [1.54, 1.807) is 43.5 Å². The molecule has 0 fully saturated rings. The third kappa shape index (κ3) is 5.24. The zero-order valence-corrected chi connectivity index (χ0v) is 20.1. The van der Waals surface area contributed by atoms with Gasteiger partial charge < -0.3 is 4.74 Å². The number of nitrogens with one attached hydrogen (secondary N) is 1. The maximum absolute atomic E-state index is 13.4. The average Bonchev–Trinajstić information content (AvgIpc) is 3.31. The first-order valence-electron chi connectivity index (χ1n) is 10.3. The van der Waals surface area contributed by atoms with Gasteiger partial charge in [0.15, 0.2) is 0 Å². The third-order valence-corrected chi connectivity index (χ3v) is 7.59. The number of sulfonamides is 1. The first kappa shape index (κ1) is 23.4. The molecule has 4 rings (SSSR count). The Hall–Kier alpha value is -3.76. The van der Waals surface area contributed by atoms with Gasteiger partial charge in [0.2, 0.25) is 11.0 Å². The molecule has 0 radical (unpaired) electrons. The maximum Gasteiger partial charge on any atom is 0.264 e. The lowest BCUT2D eigenvalue weighted by Gasteiger charge is -2.24. The molecule has 1 heterocycles. The molecular formula is C24H22N4O4S2. The summed E-state index contributed by atoms with van der Waals surface area (Å²) in [6, 6.07) is 22.3. The molecule has 0 saturated carbocycles. The molecule has 0 saturated heterocycles. The Morgan fingerprint density at radius 3 is 2.41 bits per heavy atom. The van der Waals surface area contributed by atoms with E-state index in [1.807, 2.05) is 37.3 Å². The van der Waals surface area contributed by atoms with Crippen LogP contribution in [-0.4, -0.2) is 38.2 Å². The predicted molar refractivity (Wildman–Crippen MR) is 133 cm³/mol. The van der Waals surface area contributed by atoms with Gasteiger partial charge in [0.1, 0.15) is 17.3 Å². The molecule has 34 heavy (non-hydrogen) atoms. The zero-order chi connectivity index (χ0) is 24.1. The lowest BCUT2D eigenvalue weighted by molar-refractivity contribution is -0.114. The Kier molecular flexibility index (Phi) is 6.90. The lowest BCUT2D eigenvalue weighted by Crippen LogP contribution is -2.38. The minimum absolute atomic E-state index is 0.0991. The molecule has 0 bridgehead atoms. The number of aromatic nitrogens is 2. The van der Waals surface area contributed by atoms with Crippen molar-refractivity contribution in [2.24, 2.45) is 0 Å². The number of rotatable bonds is 8. The molecule has 1 aromatic heterocycles. The number of hydrogen-bond donors (Lipinski definition) is 1. The van der Waals surface area contributed by atoms with Crippen LogP contribution in [0.15, 0.2) is 83.8 Å². The molecule has 0 aliphatic carbocycles. The minimum Gasteiger partial charge on any atom is -0.497 e. The van der Waals surface area contributed by atoms with Gasteiger partial charge in [0.05, 0.1) is 17.7 Å². The minimum atomic E-state index is -3.97. The second-order valence-corrected chi connectivity index (χ2v) is 10.2. The highest BCUT2D eigenvalue weighted by Crippen LogP contribution is 2.28. The summed E-state index contributed by atoms with van der Waals surface area (Å²) in [6.45, 7) is 1.44. The maximum atomic E-state index is 13.4. The second-order valence-electron chi connectivity index (χ2n) is 7.35. The fourth-order valence-corrected chi connectivity index (χ4v) is 5.43. The van der Waals surface area contributed by atoms with Crippen molar-refractivity contribution in [2.45, 2.75) is 11.8 Å². The number of methoxy groups -OCH3 is 1. The van der Waals surface area contributed by atoms with E-state index in [2.05, 4.69) is 15.5 Å². The fraction of sp³-hybridized carbons (Fsp3) is 0.125. The summed E-state index contributed by atoms with van der Waals surface area (Å²) < 4.78 is 33.0. The highest BCUT2D eigenvalue weighted by molar-refractivity contribution is 7.92. The molecule has 4 aromatic rings. The number of anilines is 2. The highest BCUT2D eigenvalue weighted by atomic mass is 32.2. The van der Waals surface area contributed by atoms with Crippen LogP contribution in [-0.2, 0) is 14.8 Å². The number of nitrogens with zero attached hydrogens (tertiary/aromatic N) is 3. The van der Waals surface area contributed by atoms with E-state index in [0.717, 1.165) is 21.2 Å². The summed E-state index contributed by atoms with van der Waals surface area (Å²) in [5.74, 6) is 0.191. The molecule has 0 aliphatic heterocycles. The predicted octanol–water partition coefficient (Wildman–Crippen LogP) is 4.36. The van der Waals surface area contributed by atoms with Gasteiger partial charge >= 0.3 is 0 Å². The Labute approximate surface area is 201 Å². The SMILES string of the molecule is COc1ccc(-c2nnc(NC(=O)CN(c3cccc(C)c3)S(=O)(=O)c3ccccc3)s2)cc1. The largest absolute Gasteiger partial charge is 0.497 e. The van der Waals surface area contributed by atoms with Crippen LogP contribution in [0.25, 0.3) is 10.6 Å². The summed E-state index contributed by atoms with van der Waals surface area (Å²) >= 11 is 1.19. The first-order chi connectivity index (χ1) is 16.4. The van der Waals surface area contributed by atoms with E-state index in [9.17, 15) is 13.2 Å². The van der Waals surface area contributed by atoms with Crippen molar-refractivity contribution >= 4 is 38.1 Å². The standard InChI is InChI=1S/C24H22N4O4S2/c1-17-7-6-8-19(15-17)28(34(30,31)21-9-4-3-5-10-21)16-22(29)25-24-27-26-23(33-24)18-11-13-20(32-2)14-12-18/h3-15H,16H2,1-2H3,(H,25,27,29). The van der Waals surface area contributed by atoms with E-state index in [-0.39, 0.29) is 10.0 Å². The van der Waals surface area contributed by atoms with Crippen LogP contribution in [0.5, 0.6) is 5.75 Å². The van der Waals surface area contributed by atoms with Crippen LogP contribution in [0, 0.1) is 6.92 Å². The van der Waals surface area contributed by atoms with Crippen LogP contribution in [0.3, 0.4) is 0 Å². The van der Waals surface area contributed by atoms with Crippen molar-refractivity contribution in [3.63, 3.8) is 0 Å². The van der Waals surface area contributed by atoms with Gasteiger partial charge in [0, 0.05) is 5.56 Å². The van der Waals surface area contributed by atoms with Gasteiger partial charge in [-0.25, -0.2) is 8.42 Å². The van der Waals surface area contributed by atoms with Crippen molar-refractivity contribution in [3.05, 3.63) is 84.4 Å². The van der Waals surface area contributed by atoms with E-state index in [1.165, 1.54) is 23.5 Å². The summed E-state index contributed by atoms with van der Waals surface area (Å²) in [5, 5.41) is 11.7. The van der Waals surface area contributed by atoms with Gasteiger partial charge in [-0.05, 0) is 61.0 Å². The smallest absolute Gasteiger partial charge is 0.264 e. The van der Waals surface area contributed by atoms with Crippen LogP contribution < -0.4 is 14.4 Å². The van der Waals surface area contributed by atoms with Gasteiger partial charge in [-0.2, -0.15) is 0 Å². The lowest BCUT2D eigenvalue weighted by atomic mass is 10.2. The molecule has 0 unspecified atom stereocenters. The summed E-state index contributed by atoms with van der Waals surface area (Å²) in [6.07, 6.45) is 0. The Balaban J connectivity index is 1.56. The molecule has 1 N–H and O–H groups in total. The van der Waals surface area contributed by atoms with Gasteiger partial charge in [-0.3, -0.25) is 14.4 Å². The van der Waals surface area contributed by atoms with Crippen LogP contribution in [0.1, 0.15) is 5.56 Å². The van der Waals surface area contributed by atoms with E-state index >= 15 is 0 Å². The third-order valence-electron chi connectivity index (χ3n) is 4.92. The first-order valence-corrected chi connectivity index (χ1v) is 12.5. The molecule has 174 valence electrons. The molecule has 0 atom stereocenters. The average molecular weight is 495 g/mol. The van der Waals surface area contributed by atoms with Gasteiger partial charge in [-0.1, -0.05) is 41.7 Å². The second kappa shape index (κ2) is 10.0.